The number of nitrogens with zero attached hydrogens (tertiary/aromatic N) is 1. The molecule has 6 nitrogen and oxygen atoms in total. The number of halogens is 2. The van der Waals surface area contributed by atoms with Crippen LogP contribution in [0.4, 0.5) is 14.5 Å². The van der Waals surface area contributed by atoms with Gasteiger partial charge in [-0.15, -0.1) is 0 Å². The minimum Gasteiger partial charge on any atom is -0.489 e. The first kappa shape index (κ1) is 40.4. The third-order valence-electron chi connectivity index (χ3n) is 10.4. The van der Waals surface area contributed by atoms with Crippen molar-refractivity contribution in [3.05, 3.63) is 125 Å². The Morgan fingerprint density at radius 2 is 1.45 bits per heavy atom. The van der Waals surface area contributed by atoms with Crippen molar-refractivity contribution in [3.8, 4) is 11.5 Å². The summed E-state index contributed by atoms with van der Waals surface area (Å²) in [6, 6.07) is 28.8. The molecule has 284 valence electrons. The number of benzene rings is 4. The van der Waals surface area contributed by atoms with Crippen LogP contribution in [0.1, 0.15) is 62.4 Å². The van der Waals surface area contributed by atoms with E-state index < -0.39 is 28.4 Å². The van der Waals surface area contributed by atoms with Crippen molar-refractivity contribution in [2.75, 3.05) is 18.3 Å². The monoisotopic (exact) mass is 759 g/mol. The topological polar surface area (TPSA) is 57.2 Å². The zero-order valence-corrected chi connectivity index (χ0v) is 34.5. The molecule has 0 saturated carbocycles. The Labute approximate surface area is 316 Å². The summed E-state index contributed by atoms with van der Waals surface area (Å²) in [5, 5.41) is -0.0484. The molecule has 53 heavy (non-hydrogen) atoms. The van der Waals surface area contributed by atoms with Gasteiger partial charge in [0.2, 0.25) is 5.91 Å². The molecular weight excluding hydrogens is 705 g/mol. The summed E-state index contributed by atoms with van der Waals surface area (Å²) >= 11 is 0. The van der Waals surface area contributed by atoms with Gasteiger partial charge in [0.1, 0.15) is 29.7 Å². The second-order valence-corrected chi connectivity index (χ2v) is 27.1. The third-order valence-corrected chi connectivity index (χ3v) is 16.6. The molecule has 0 aliphatic carbocycles. The first-order chi connectivity index (χ1) is 25.0. The highest BCUT2D eigenvalue weighted by Crippen LogP contribution is 2.50. The van der Waals surface area contributed by atoms with Crippen LogP contribution in [0.3, 0.4) is 0 Å². The SMILES string of the molecule is CC(C)(C)[Si](C)(C)OC(CCC1C(=O)N(c2ccc(F)cc2)C1c1ccc(OCc2ccccc2)cc1OCOCC[Si](C)(C)C)c1ccc(F)cc1. The highest BCUT2D eigenvalue weighted by Gasteiger charge is 2.50. The Morgan fingerprint density at radius 3 is 2.08 bits per heavy atom. The quantitative estimate of drug-likeness (QED) is 0.0464. The van der Waals surface area contributed by atoms with Crippen LogP contribution in [-0.4, -0.2) is 35.7 Å². The number of carbonyl (C=O) groups excluding carboxylic acids is 1. The van der Waals surface area contributed by atoms with Gasteiger partial charge < -0.3 is 23.5 Å². The highest BCUT2D eigenvalue weighted by atomic mass is 28.4. The summed E-state index contributed by atoms with van der Waals surface area (Å²) in [6.45, 7) is 18.9. The Kier molecular flexibility index (Phi) is 13.0. The van der Waals surface area contributed by atoms with Crippen LogP contribution in [0.25, 0.3) is 0 Å². The van der Waals surface area contributed by atoms with Crippen LogP contribution in [0.5, 0.6) is 11.5 Å². The van der Waals surface area contributed by atoms with Crippen LogP contribution >= 0.6 is 0 Å². The van der Waals surface area contributed by atoms with Crippen molar-refractivity contribution < 1.29 is 32.2 Å². The lowest BCUT2D eigenvalue weighted by Crippen LogP contribution is -2.55. The zero-order chi connectivity index (χ0) is 38.4. The maximum atomic E-state index is 14.2. The summed E-state index contributed by atoms with van der Waals surface area (Å²) in [6.07, 6.45) is 0.737. The normalized spacial score (nSPS) is 17.0. The molecule has 10 heteroatoms. The fraction of sp³-hybridized carbons (Fsp3) is 0.419. The van der Waals surface area contributed by atoms with Gasteiger partial charge in [0.05, 0.1) is 18.1 Å². The number of β-lactam (4-membered cyclic amide) rings is 1. The van der Waals surface area contributed by atoms with E-state index in [1.807, 2.05) is 48.5 Å². The van der Waals surface area contributed by atoms with Gasteiger partial charge in [-0.25, -0.2) is 8.78 Å². The number of anilines is 1. The molecular formula is C43H55F2NO5Si2. The Bertz CT molecular complexity index is 1790. The van der Waals surface area contributed by atoms with E-state index in [1.54, 1.807) is 29.2 Å². The molecule has 3 atom stereocenters. The van der Waals surface area contributed by atoms with E-state index in [1.165, 1.54) is 24.3 Å². The Morgan fingerprint density at radius 1 is 0.811 bits per heavy atom. The summed E-state index contributed by atoms with van der Waals surface area (Å²) in [5.41, 5.74) is 3.33. The van der Waals surface area contributed by atoms with Gasteiger partial charge in [-0.3, -0.25) is 4.79 Å². The van der Waals surface area contributed by atoms with Crippen LogP contribution < -0.4 is 14.4 Å². The predicted molar refractivity (Wildman–Crippen MR) is 214 cm³/mol. The van der Waals surface area contributed by atoms with Gasteiger partial charge in [-0.2, -0.15) is 0 Å². The molecule has 1 fully saturated rings. The molecule has 1 heterocycles. The molecule has 0 radical (unpaired) electrons. The Hall–Kier alpha value is -3.84. The lowest BCUT2D eigenvalue weighted by atomic mass is 9.78. The number of hydrogen-bond donors (Lipinski definition) is 0. The van der Waals surface area contributed by atoms with Crippen LogP contribution in [0.2, 0.25) is 43.8 Å². The van der Waals surface area contributed by atoms with Crippen LogP contribution in [0.15, 0.2) is 97.1 Å². The minimum atomic E-state index is -2.25. The first-order valence-electron chi connectivity index (χ1n) is 18.6. The molecule has 1 amide bonds. The lowest BCUT2D eigenvalue weighted by Gasteiger charge is -2.48. The maximum Gasteiger partial charge on any atom is 0.233 e. The van der Waals surface area contributed by atoms with Crippen molar-refractivity contribution in [2.45, 2.75) is 96.2 Å². The minimum absolute atomic E-state index is 0.0484. The van der Waals surface area contributed by atoms with E-state index in [2.05, 4.69) is 53.5 Å². The van der Waals surface area contributed by atoms with Crippen molar-refractivity contribution in [1.29, 1.82) is 0 Å². The molecule has 3 unspecified atom stereocenters. The molecule has 1 aliphatic rings. The lowest BCUT2D eigenvalue weighted by molar-refractivity contribution is -0.131. The fourth-order valence-corrected chi connectivity index (χ4v) is 8.24. The number of hydrogen-bond acceptors (Lipinski definition) is 5. The molecule has 0 aromatic heterocycles. The number of carbonyl (C=O) groups is 1. The molecule has 5 rings (SSSR count). The molecule has 1 aliphatic heterocycles. The van der Waals surface area contributed by atoms with Crippen molar-refractivity contribution in [1.82, 2.24) is 0 Å². The predicted octanol–water partition coefficient (Wildman–Crippen LogP) is 11.5. The second kappa shape index (κ2) is 17.1. The van der Waals surface area contributed by atoms with Crippen molar-refractivity contribution >= 4 is 28.0 Å². The van der Waals surface area contributed by atoms with E-state index >= 15 is 0 Å². The van der Waals surface area contributed by atoms with Gasteiger partial charge in [-0.1, -0.05) is 82.9 Å². The molecule has 4 aromatic rings. The maximum absolute atomic E-state index is 14.2. The average molecular weight is 760 g/mol. The van der Waals surface area contributed by atoms with E-state index in [4.69, 9.17) is 18.6 Å². The average Bonchev–Trinajstić information content (AvgIpc) is 3.10. The van der Waals surface area contributed by atoms with Gasteiger partial charge in [-0.05, 0) is 96.7 Å². The highest BCUT2D eigenvalue weighted by molar-refractivity contribution is 6.76. The zero-order valence-electron chi connectivity index (χ0n) is 32.5. The van der Waals surface area contributed by atoms with E-state index in [9.17, 15) is 13.6 Å². The standard InChI is InChI=1S/C43H55F2NO5Si2/c1-43(2,3)53(7,8)51-39(32-14-16-33(44)17-15-32)25-24-38-41(46(42(38)47)35-20-18-34(45)19-21-35)37-23-22-36(49-29-31-12-10-9-11-13-31)28-40(37)50-30-48-26-27-52(4,5)6/h9-23,28,38-39,41H,24-27,29-30H2,1-8H3. The van der Waals surface area contributed by atoms with Gasteiger partial charge >= 0.3 is 0 Å². The van der Waals surface area contributed by atoms with Crippen molar-refractivity contribution in [2.24, 2.45) is 5.92 Å². The summed E-state index contributed by atoms with van der Waals surface area (Å²) in [5.74, 6) is 0.0253. The van der Waals surface area contributed by atoms with Crippen LogP contribution in [0, 0.1) is 17.6 Å². The van der Waals surface area contributed by atoms with E-state index in [0.29, 0.717) is 43.2 Å². The van der Waals surface area contributed by atoms with E-state index in [0.717, 1.165) is 22.7 Å². The molecule has 0 spiro atoms. The summed E-state index contributed by atoms with van der Waals surface area (Å²) in [4.78, 5) is 15.9. The van der Waals surface area contributed by atoms with Crippen molar-refractivity contribution in [3.63, 3.8) is 0 Å². The molecule has 4 aromatic carbocycles. The van der Waals surface area contributed by atoms with E-state index in [-0.39, 0.29) is 35.5 Å². The summed E-state index contributed by atoms with van der Waals surface area (Å²) in [7, 11) is -3.55. The Balaban J connectivity index is 1.47. The number of amides is 1. The first-order valence-corrected chi connectivity index (χ1v) is 25.2. The van der Waals surface area contributed by atoms with Gasteiger partial charge in [0, 0.05) is 32.0 Å². The fourth-order valence-electron chi connectivity index (χ4n) is 6.17. The largest absolute Gasteiger partial charge is 0.489 e. The summed E-state index contributed by atoms with van der Waals surface area (Å²) < 4.78 is 53.6. The smallest absolute Gasteiger partial charge is 0.233 e. The molecule has 1 saturated heterocycles. The van der Waals surface area contributed by atoms with Gasteiger partial charge in [0.25, 0.3) is 0 Å². The van der Waals surface area contributed by atoms with Crippen LogP contribution in [-0.2, 0) is 20.6 Å². The van der Waals surface area contributed by atoms with Gasteiger partial charge in [0.15, 0.2) is 15.1 Å². The third kappa shape index (κ3) is 10.7. The number of rotatable bonds is 17. The second-order valence-electron chi connectivity index (χ2n) is 16.7. The molecule has 0 bridgehead atoms. The molecule has 0 N–H and O–H groups in total. The number of ether oxygens (including phenoxy) is 3.